The SMILES string of the molecule is CCCCCCCCc1c(CC)cc(N=CC(CC)=Nc2cc(CCCC)c(C)c(-c3ccccc3)c2)cc1CCCC. The molecule has 0 radical (unpaired) electrons. The zero-order chi connectivity index (χ0) is 30.9. The molecule has 0 spiro atoms. The first kappa shape index (κ1) is 34.5. The first-order valence-electron chi connectivity index (χ1n) is 17.5. The highest BCUT2D eigenvalue weighted by Gasteiger charge is 2.12. The molecule has 3 aromatic carbocycles. The molecular formula is C41H58N2. The molecule has 0 aromatic heterocycles. The second-order valence-electron chi connectivity index (χ2n) is 12.2. The Labute approximate surface area is 264 Å². The van der Waals surface area contributed by atoms with E-state index in [0.717, 1.165) is 42.8 Å². The summed E-state index contributed by atoms with van der Waals surface area (Å²) < 4.78 is 0. The van der Waals surface area contributed by atoms with E-state index in [0.29, 0.717) is 0 Å². The topological polar surface area (TPSA) is 24.7 Å². The fraction of sp³-hybridized carbons (Fsp3) is 0.512. The molecule has 0 unspecified atom stereocenters. The summed E-state index contributed by atoms with van der Waals surface area (Å²) in [6.07, 6.45) is 20.3. The van der Waals surface area contributed by atoms with Crippen molar-refractivity contribution < 1.29 is 0 Å². The maximum absolute atomic E-state index is 5.16. The monoisotopic (exact) mass is 578 g/mol. The third-order valence-corrected chi connectivity index (χ3v) is 8.76. The number of benzene rings is 3. The van der Waals surface area contributed by atoms with Gasteiger partial charge in [0.15, 0.2) is 0 Å². The van der Waals surface area contributed by atoms with Gasteiger partial charge >= 0.3 is 0 Å². The zero-order valence-electron chi connectivity index (χ0n) is 28.3. The summed E-state index contributed by atoms with van der Waals surface area (Å²) in [5, 5.41) is 0. The molecule has 0 aliphatic carbocycles. The Hall–Kier alpha value is -3.00. The number of aliphatic imine (C=N–C) groups is 2. The van der Waals surface area contributed by atoms with Crippen LogP contribution in [0.5, 0.6) is 0 Å². The second-order valence-corrected chi connectivity index (χ2v) is 12.2. The summed E-state index contributed by atoms with van der Waals surface area (Å²) in [4.78, 5) is 10.2. The van der Waals surface area contributed by atoms with Crippen LogP contribution in [0.3, 0.4) is 0 Å². The third-order valence-electron chi connectivity index (χ3n) is 8.76. The van der Waals surface area contributed by atoms with E-state index >= 15 is 0 Å². The first-order chi connectivity index (χ1) is 21.0. The lowest BCUT2D eigenvalue weighted by atomic mass is 9.91. The van der Waals surface area contributed by atoms with Crippen LogP contribution in [0.15, 0.2) is 64.6 Å². The van der Waals surface area contributed by atoms with Gasteiger partial charge in [0.1, 0.15) is 0 Å². The number of rotatable bonds is 19. The van der Waals surface area contributed by atoms with Gasteiger partial charge in [0.05, 0.1) is 17.1 Å². The minimum atomic E-state index is 0.849. The van der Waals surface area contributed by atoms with Gasteiger partial charge in [-0.15, -0.1) is 0 Å². The minimum absolute atomic E-state index is 0.849. The quantitative estimate of drug-likeness (QED) is 0.0998. The number of aryl methyl sites for hydroxylation is 3. The molecule has 0 amide bonds. The van der Waals surface area contributed by atoms with Crippen molar-refractivity contribution >= 4 is 23.3 Å². The Kier molecular flexibility index (Phi) is 15.5. The van der Waals surface area contributed by atoms with Crippen LogP contribution in [0.2, 0.25) is 0 Å². The molecule has 2 heteroatoms. The van der Waals surface area contributed by atoms with Crippen molar-refractivity contribution in [2.24, 2.45) is 9.98 Å². The molecule has 43 heavy (non-hydrogen) atoms. The lowest BCUT2D eigenvalue weighted by Crippen LogP contribution is -2.02. The number of hydrogen-bond donors (Lipinski definition) is 0. The molecule has 232 valence electrons. The smallest absolute Gasteiger partial charge is 0.0642 e. The van der Waals surface area contributed by atoms with Gasteiger partial charge in [-0.25, -0.2) is 0 Å². The van der Waals surface area contributed by atoms with E-state index in [1.807, 2.05) is 6.21 Å². The van der Waals surface area contributed by atoms with Crippen LogP contribution in [0, 0.1) is 6.92 Å². The molecule has 2 nitrogen and oxygen atoms in total. The van der Waals surface area contributed by atoms with E-state index in [1.54, 1.807) is 5.56 Å². The van der Waals surface area contributed by atoms with Crippen LogP contribution in [-0.4, -0.2) is 11.9 Å². The summed E-state index contributed by atoms with van der Waals surface area (Å²) in [6.45, 7) is 13.6. The molecule has 0 saturated heterocycles. The molecular weight excluding hydrogens is 520 g/mol. The van der Waals surface area contributed by atoms with E-state index < -0.39 is 0 Å². The largest absolute Gasteiger partial charge is 0.255 e. The Bertz CT molecular complexity index is 1300. The third kappa shape index (κ3) is 10.9. The molecule has 0 bridgehead atoms. The van der Waals surface area contributed by atoms with Crippen LogP contribution in [0.25, 0.3) is 11.1 Å². The molecule has 0 aliphatic rings. The van der Waals surface area contributed by atoms with Gasteiger partial charge < -0.3 is 0 Å². The van der Waals surface area contributed by atoms with Crippen LogP contribution in [0.1, 0.15) is 133 Å². The zero-order valence-corrected chi connectivity index (χ0v) is 28.3. The normalized spacial score (nSPS) is 12.0. The number of unbranched alkanes of at least 4 members (excludes halogenated alkanes) is 7. The summed E-state index contributed by atoms with van der Waals surface area (Å²) in [5.74, 6) is 0. The highest BCUT2D eigenvalue weighted by molar-refractivity contribution is 6.31. The fourth-order valence-electron chi connectivity index (χ4n) is 6.04. The van der Waals surface area contributed by atoms with E-state index in [2.05, 4.69) is 96.1 Å². The summed E-state index contributed by atoms with van der Waals surface area (Å²) in [5.41, 5.74) is 13.1. The Balaban J connectivity index is 1.91. The standard InChI is InChI=1S/C41H58N2/c1-7-12-15-16-17-21-26-40-33(10-4)27-38(29-36(40)23-14-9-3)42-31-37(11-5)43-39-28-35(22-13-8-2)32(6)41(30-39)34-24-19-18-20-25-34/h18-20,24-25,27-31H,7-17,21-23,26H2,1-6H3. The van der Waals surface area contributed by atoms with Crippen molar-refractivity contribution in [2.45, 2.75) is 138 Å². The first-order valence-corrected chi connectivity index (χ1v) is 17.5. The van der Waals surface area contributed by atoms with E-state index in [-0.39, 0.29) is 0 Å². The molecule has 0 N–H and O–H groups in total. The van der Waals surface area contributed by atoms with Crippen molar-refractivity contribution in [1.82, 2.24) is 0 Å². The lowest BCUT2D eigenvalue weighted by molar-refractivity contribution is 0.605. The molecule has 0 aliphatic heterocycles. The molecule has 0 atom stereocenters. The van der Waals surface area contributed by atoms with Gasteiger partial charge in [0.25, 0.3) is 0 Å². The molecule has 0 saturated carbocycles. The lowest BCUT2D eigenvalue weighted by Gasteiger charge is -2.16. The highest BCUT2D eigenvalue weighted by Crippen LogP contribution is 2.32. The van der Waals surface area contributed by atoms with Gasteiger partial charge in [-0.2, -0.15) is 0 Å². The molecule has 0 fully saturated rings. The minimum Gasteiger partial charge on any atom is -0.255 e. The Morgan fingerprint density at radius 1 is 0.628 bits per heavy atom. The average Bonchev–Trinajstić information content (AvgIpc) is 3.04. The van der Waals surface area contributed by atoms with Gasteiger partial charge in [0, 0.05) is 6.21 Å². The predicted molar refractivity (Wildman–Crippen MR) is 192 cm³/mol. The van der Waals surface area contributed by atoms with Gasteiger partial charge in [-0.05, 0) is 121 Å². The van der Waals surface area contributed by atoms with Crippen molar-refractivity contribution in [3.8, 4) is 11.1 Å². The van der Waals surface area contributed by atoms with Crippen LogP contribution in [0.4, 0.5) is 11.4 Å². The van der Waals surface area contributed by atoms with Crippen molar-refractivity contribution in [3.63, 3.8) is 0 Å². The summed E-state index contributed by atoms with van der Waals surface area (Å²) in [7, 11) is 0. The predicted octanol–water partition coefficient (Wildman–Crippen LogP) is 12.7. The van der Waals surface area contributed by atoms with Crippen molar-refractivity contribution in [2.75, 3.05) is 0 Å². The Morgan fingerprint density at radius 2 is 1.26 bits per heavy atom. The average molecular weight is 579 g/mol. The van der Waals surface area contributed by atoms with E-state index in [9.17, 15) is 0 Å². The number of nitrogens with zero attached hydrogens (tertiary/aromatic N) is 2. The van der Waals surface area contributed by atoms with Crippen molar-refractivity contribution in [1.29, 1.82) is 0 Å². The highest BCUT2D eigenvalue weighted by atomic mass is 14.8. The second kappa shape index (κ2) is 19.3. The Morgan fingerprint density at radius 3 is 1.93 bits per heavy atom. The van der Waals surface area contributed by atoms with Gasteiger partial charge in [-0.1, -0.05) is 110 Å². The van der Waals surface area contributed by atoms with Crippen LogP contribution in [-0.2, 0) is 25.7 Å². The molecule has 0 heterocycles. The number of hydrogen-bond acceptors (Lipinski definition) is 2. The van der Waals surface area contributed by atoms with Crippen LogP contribution >= 0.6 is 0 Å². The van der Waals surface area contributed by atoms with E-state index in [4.69, 9.17) is 9.98 Å². The van der Waals surface area contributed by atoms with E-state index in [1.165, 1.54) is 104 Å². The maximum Gasteiger partial charge on any atom is 0.0642 e. The van der Waals surface area contributed by atoms with Crippen LogP contribution < -0.4 is 0 Å². The molecule has 3 rings (SSSR count). The summed E-state index contributed by atoms with van der Waals surface area (Å²) >= 11 is 0. The van der Waals surface area contributed by atoms with Crippen molar-refractivity contribution in [3.05, 3.63) is 82.4 Å². The van der Waals surface area contributed by atoms with Gasteiger partial charge in [0.2, 0.25) is 0 Å². The maximum atomic E-state index is 5.16. The summed E-state index contributed by atoms with van der Waals surface area (Å²) in [6, 6.07) is 20.0. The molecule has 3 aromatic rings. The van der Waals surface area contributed by atoms with Gasteiger partial charge in [-0.3, -0.25) is 9.98 Å². The fourth-order valence-corrected chi connectivity index (χ4v) is 6.04.